The Hall–Kier alpha value is -2.21. The molecule has 0 bridgehead atoms. The molecule has 6 heteroatoms. The molecule has 2 fully saturated rings. The van der Waals surface area contributed by atoms with E-state index in [0.717, 1.165) is 5.56 Å². The van der Waals surface area contributed by atoms with E-state index in [1.54, 1.807) is 19.1 Å². The van der Waals surface area contributed by atoms with Crippen LogP contribution in [0, 0.1) is 12.8 Å². The van der Waals surface area contributed by atoms with Gasteiger partial charge < -0.3 is 4.74 Å². The Balaban J connectivity index is 1.65. The summed E-state index contributed by atoms with van der Waals surface area (Å²) >= 11 is 0. The van der Waals surface area contributed by atoms with Crippen LogP contribution in [0.3, 0.4) is 0 Å². The fourth-order valence-electron chi connectivity index (χ4n) is 3.57. The van der Waals surface area contributed by atoms with Crippen molar-refractivity contribution in [1.82, 2.24) is 4.90 Å². The molecule has 0 aromatic heterocycles. The van der Waals surface area contributed by atoms with Gasteiger partial charge in [-0.3, -0.25) is 19.3 Å². The van der Waals surface area contributed by atoms with Crippen molar-refractivity contribution in [3.05, 3.63) is 29.8 Å². The minimum atomic E-state index is -0.419. The Kier molecular flexibility index (Phi) is 5.18. The number of aryl methyl sites for hydroxylation is 1. The first kappa shape index (κ1) is 17.6. The molecule has 0 spiro atoms. The van der Waals surface area contributed by atoms with Crippen LogP contribution in [0.1, 0.15) is 31.7 Å². The summed E-state index contributed by atoms with van der Waals surface area (Å²) in [4.78, 5) is 40.3. The Bertz CT molecular complexity index is 663. The van der Waals surface area contributed by atoms with Crippen LogP contribution < -0.4 is 4.90 Å². The summed E-state index contributed by atoms with van der Waals surface area (Å²) in [5.41, 5.74) is 1.71. The van der Waals surface area contributed by atoms with Gasteiger partial charge in [-0.25, -0.2) is 4.90 Å². The van der Waals surface area contributed by atoms with Crippen LogP contribution in [-0.2, 0) is 19.1 Å². The lowest BCUT2D eigenvalue weighted by Crippen LogP contribution is -2.47. The number of anilines is 1. The van der Waals surface area contributed by atoms with Gasteiger partial charge in [0.05, 0.1) is 30.7 Å². The highest BCUT2D eigenvalue weighted by molar-refractivity contribution is 6.22. The monoisotopic (exact) mass is 344 g/mol. The second-order valence-corrected chi connectivity index (χ2v) is 6.69. The number of carbonyl (C=O) groups excluding carboxylic acids is 3. The molecule has 0 saturated carbocycles. The van der Waals surface area contributed by atoms with E-state index in [2.05, 4.69) is 0 Å². The molecule has 0 unspecified atom stereocenters. The van der Waals surface area contributed by atoms with Gasteiger partial charge in [-0.15, -0.1) is 0 Å². The summed E-state index contributed by atoms with van der Waals surface area (Å²) in [7, 11) is 0. The third-order valence-electron chi connectivity index (χ3n) is 5.01. The number of hydrogen-bond acceptors (Lipinski definition) is 5. The first-order chi connectivity index (χ1) is 12.0. The number of ether oxygens (including phenoxy) is 1. The van der Waals surface area contributed by atoms with Crippen LogP contribution in [-0.4, -0.2) is 48.4 Å². The van der Waals surface area contributed by atoms with Gasteiger partial charge >= 0.3 is 5.97 Å². The Morgan fingerprint density at radius 2 is 1.80 bits per heavy atom. The summed E-state index contributed by atoms with van der Waals surface area (Å²) in [6.45, 7) is 5.42. The molecular formula is C19H24N2O4. The molecule has 1 aromatic carbocycles. The van der Waals surface area contributed by atoms with E-state index in [1.807, 2.05) is 24.0 Å². The number of esters is 1. The molecule has 2 amide bonds. The average Bonchev–Trinajstić information content (AvgIpc) is 2.91. The standard InChI is InChI=1S/C19H24N2O4/c1-3-25-19(24)14-8-10-20(11-9-14)16-12-17(22)21(18(16)23)15-6-4-13(2)5-7-15/h4-7,14,16H,3,8-12H2,1-2H3/t16-/m1/s1. The second kappa shape index (κ2) is 7.35. The third-order valence-corrected chi connectivity index (χ3v) is 5.01. The molecule has 6 nitrogen and oxygen atoms in total. The summed E-state index contributed by atoms with van der Waals surface area (Å²) < 4.78 is 5.08. The SMILES string of the molecule is CCOC(=O)C1CCN([C@@H]2CC(=O)N(c3ccc(C)cc3)C2=O)CC1. The summed E-state index contributed by atoms with van der Waals surface area (Å²) in [5, 5.41) is 0. The molecule has 134 valence electrons. The molecule has 2 aliphatic rings. The number of likely N-dealkylation sites (tertiary alicyclic amines) is 1. The van der Waals surface area contributed by atoms with Crippen LogP contribution in [0.2, 0.25) is 0 Å². The lowest BCUT2D eigenvalue weighted by molar-refractivity contribution is -0.149. The summed E-state index contributed by atoms with van der Waals surface area (Å²) in [6.07, 6.45) is 1.54. The molecule has 3 rings (SSSR count). The number of amides is 2. The van der Waals surface area contributed by atoms with Crippen molar-refractivity contribution in [3.8, 4) is 0 Å². The van der Waals surface area contributed by atoms with Crippen molar-refractivity contribution in [2.45, 2.75) is 39.2 Å². The van der Waals surface area contributed by atoms with E-state index >= 15 is 0 Å². The van der Waals surface area contributed by atoms with Gasteiger partial charge in [0, 0.05) is 0 Å². The van der Waals surface area contributed by atoms with Crippen LogP contribution in [0.4, 0.5) is 5.69 Å². The fraction of sp³-hybridized carbons (Fsp3) is 0.526. The van der Waals surface area contributed by atoms with Crippen molar-refractivity contribution in [1.29, 1.82) is 0 Å². The van der Waals surface area contributed by atoms with Crippen LogP contribution in [0.5, 0.6) is 0 Å². The maximum absolute atomic E-state index is 12.8. The normalized spacial score (nSPS) is 22.5. The number of benzene rings is 1. The van der Waals surface area contributed by atoms with Crippen LogP contribution in [0.15, 0.2) is 24.3 Å². The molecule has 0 N–H and O–H groups in total. The van der Waals surface area contributed by atoms with Crippen molar-refractivity contribution >= 4 is 23.5 Å². The molecule has 0 radical (unpaired) electrons. The highest BCUT2D eigenvalue weighted by Gasteiger charge is 2.43. The number of rotatable bonds is 4. The molecular weight excluding hydrogens is 320 g/mol. The molecule has 2 aliphatic heterocycles. The molecule has 1 aromatic rings. The van der Waals surface area contributed by atoms with Gasteiger partial charge in [0.1, 0.15) is 0 Å². The largest absolute Gasteiger partial charge is 0.466 e. The summed E-state index contributed by atoms with van der Waals surface area (Å²) in [5.74, 6) is -0.580. The van der Waals surface area contributed by atoms with Gasteiger partial charge in [-0.05, 0) is 51.9 Å². The zero-order valence-electron chi connectivity index (χ0n) is 14.7. The van der Waals surface area contributed by atoms with E-state index in [-0.39, 0.29) is 30.1 Å². The molecule has 1 atom stereocenters. The van der Waals surface area contributed by atoms with Crippen LogP contribution in [0.25, 0.3) is 0 Å². The quantitative estimate of drug-likeness (QED) is 0.616. The van der Waals surface area contributed by atoms with Gasteiger partial charge in [-0.1, -0.05) is 17.7 Å². The lowest BCUT2D eigenvalue weighted by atomic mass is 9.95. The first-order valence-electron chi connectivity index (χ1n) is 8.85. The Morgan fingerprint density at radius 3 is 2.40 bits per heavy atom. The topological polar surface area (TPSA) is 66.9 Å². The number of hydrogen-bond donors (Lipinski definition) is 0. The van der Waals surface area contributed by atoms with E-state index in [0.29, 0.717) is 38.2 Å². The molecule has 2 heterocycles. The Labute approximate surface area is 147 Å². The zero-order valence-corrected chi connectivity index (χ0v) is 14.7. The third kappa shape index (κ3) is 3.58. The van der Waals surface area contributed by atoms with Gasteiger partial charge in [0.25, 0.3) is 5.91 Å². The average molecular weight is 344 g/mol. The van der Waals surface area contributed by atoms with Crippen molar-refractivity contribution in [2.24, 2.45) is 5.92 Å². The molecule has 0 aliphatic carbocycles. The predicted octanol–water partition coefficient (Wildman–Crippen LogP) is 1.90. The second-order valence-electron chi connectivity index (χ2n) is 6.69. The number of carbonyl (C=O) groups is 3. The van der Waals surface area contributed by atoms with E-state index in [4.69, 9.17) is 4.74 Å². The van der Waals surface area contributed by atoms with Crippen LogP contribution >= 0.6 is 0 Å². The number of imide groups is 1. The van der Waals surface area contributed by atoms with E-state index in [1.165, 1.54) is 4.90 Å². The van der Waals surface area contributed by atoms with Gasteiger partial charge in [0.2, 0.25) is 5.91 Å². The molecule has 2 saturated heterocycles. The maximum atomic E-state index is 12.8. The summed E-state index contributed by atoms with van der Waals surface area (Å²) in [6, 6.07) is 6.99. The minimum absolute atomic E-state index is 0.100. The first-order valence-corrected chi connectivity index (χ1v) is 8.85. The Morgan fingerprint density at radius 1 is 1.16 bits per heavy atom. The fourth-order valence-corrected chi connectivity index (χ4v) is 3.57. The highest BCUT2D eigenvalue weighted by Crippen LogP contribution is 2.29. The molecule has 25 heavy (non-hydrogen) atoms. The van der Waals surface area contributed by atoms with Gasteiger partial charge in [0.15, 0.2) is 0 Å². The van der Waals surface area contributed by atoms with Crippen molar-refractivity contribution < 1.29 is 19.1 Å². The van der Waals surface area contributed by atoms with E-state index in [9.17, 15) is 14.4 Å². The van der Waals surface area contributed by atoms with E-state index < -0.39 is 6.04 Å². The highest BCUT2D eigenvalue weighted by atomic mass is 16.5. The zero-order chi connectivity index (χ0) is 18.0. The van der Waals surface area contributed by atoms with Gasteiger partial charge in [-0.2, -0.15) is 0 Å². The lowest BCUT2D eigenvalue weighted by Gasteiger charge is -2.33. The van der Waals surface area contributed by atoms with Crippen molar-refractivity contribution in [3.63, 3.8) is 0 Å². The smallest absolute Gasteiger partial charge is 0.309 e. The minimum Gasteiger partial charge on any atom is -0.466 e. The number of piperidine rings is 1. The van der Waals surface area contributed by atoms with Crippen molar-refractivity contribution in [2.75, 3.05) is 24.6 Å². The maximum Gasteiger partial charge on any atom is 0.309 e. The number of nitrogens with zero attached hydrogens (tertiary/aromatic N) is 2. The predicted molar refractivity (Wildman–Crippen MR) is 93.0 cm³/mol.